The highest BCUT2D eigenvalue weighted by atomic mass is 16.5. The van der Waals surface area contributed by atoms with Crippen LogP contribution in [0.2, 0.25) is 0 Å². The second-order valence-electron chi connectivity index (χ2n) is 5.89. The molecule has 0 unspecified atom stereocenters. The Hall–Kier alpha value is -2.63. The molecule has 6 heteroatoms. The van der Waals surface area contributed by atoms with Crippen LogP contribution in [0.5, 0.6) is 0 Å². The largest absolute Gasteiger partial charge is 0.461 e. The molecule has 4 rings (SSSR count). The van der Waals surface area contributed by atoms with Crippen molar-refractivity contribution in [3.05, 3.63) is 47.0 Å². The number of amides is 1. The van der Waals surface area contributed by atoms with Crippen molar-refractivity contribution in [1.82, 2.24) is 14.5 Å². The maximum atomic E-state index is 12.8. The van der Waals surface area contributed by atoms with Gasteiger partial charge >= 0.3 is 5.97 Å². The fraction of sp³-hybridized carbons (Fsp3) is 0.353. The molecule has 0 N–H and O–H groups in total. The summed E-state index contributed by atoms with van der Waals surface area (Å²) in [6.45, 7) is 4.73. The molecule has 0 radical (unpaired) electrons. The molecule has 1 amide bonds. The number of esters is 1. The van der Waals surface area contributed by atoms with E-state index < -0.39 is 5.97 Å². The van der Waals surface area contributed by atoms with E-state index in [2.05, 4.69) is 4.98 Å². The minimum atomic E-state index is -0.434. The molecule has 2 aliphatic heterocycles. The number of carbonyl (C=O) groups is 2. The second kappa shape index (κ2) is 4.94. The summed E-state index contributed by atoms with van der Waals surface area (Å²) >= 11 is 0. The Kier molecular flexibility index (Phi) is 3.01. The van der Waals surface area contributed by atoms with Crippen molar-refractivity contribution in [2.45, 2.75) is 26.3 Å². The van der Waals surface area contributed by atoms with Crippen LogP contribution in [0.3, 0.4) is 0 Å². The van der Waals surface area contributed by atoms with Crippen molar-refractivity contribution in [3.8, 4) is 5.69 Å². The fourth-order valence-electron chi connectivity index (χ4n) is 3.33. The lowest BCUT2D eigenvalue weighted by molar-refractivity contribution is 0.0428. The van der Waals surface area contributed by atoms with E-state index in [1.165, 1.54) is 0 Å². The van der Waals surface area contributed by atoms with Gasteiger partial charge in [0.05, 0.1) is 29.6 Å². The number of aromatic nitrogens is 2. The molecular weight excluding hydrogens is 294 g/mol. The quantitative estimate of drug-likeness (QED) is 0.798. The minimum Gasteiger partial charge on any atom is -0.461 e. The molecule has 1 atom stereocenters. The van der Waals surface area contributed by atoms with Gasteiger partial charge in [-0.1, -0.05) is 11.6 Å². The van der Waals surface area contributed by atoms with Crippen molar-refractivity contribution in [1.29, 1.82) is 0 Å². The SMILES string of the molecule is CCOC(=O)c1ncn2c1[C@@H]1CCN1C(=O)c1cc(C)ccc1-2. The number of hydrogen-bond donors (Lipinski definition) is 0. The Morgan fingerprint density at radius 1 is 1.43 bits per heavy atom. The molecular formula is C17H17N3O3. The van der Waals surface area contributed by atoms with Gasteiger partial charge in [-0.3, -0.25) is 9.36 Å². The van der Waals surface area contributed by atoms with Gasteiger partial charge < -0.3 is 9.64 Å². The Labute approximate surface area is 133 Å². The normalized spacial score (nSPS) is 18.4. The summed E-state index contributed by atoms with van der Waals surface area (Å²) in [6.07, 6.45) is 2.45. The van der Waals surface area contributed by atoms with Crippen molar-refractivity contribution in [2.75, 3.05) is 13.2 Å². The topological polar surface area (TPSA) is 64.4 Å². The molecule has 2 aliphatic rings. The number of aryl methyl sites for hydroxylation is 1. The first kappa shape index (κ1) is 14.0. The Bertz CT molecular complexity index is 824. The number of ether oxygens (including phenoxy) is 1. The highest BCUT2D eigenvalue weighted by Crippen LogP contribution is 2.41. The average molecular weight is 311 g/mol. The summed E-state index contributed by atoms with van der Waals surface area (Å²) in [5.74, 6) is -0.422. The molecule has 0 aliphatic carbocycles. The Balaban J connectivity index is 1.94. The Morgan fingerprint density at radius 3 is 2.96 bits per heavy atom. The molecule has 23 heavy (non-hydrogen) atoms. The summed E-state index contributed by atoms with van der Waals surface area (Å²) in [6, 6.07) is 5.65. The van der Waals surface area contributed by atoms with Crippen molar-refractivity contribution >= 4 is 11.9 Å². The van der Waals surface area contributed by atoms with Crippen molar-refractivity contribution in [2.24, 2.45) is 0 Å². The maximum Gasteiger partial charge on any atom is 0.358 e. The zero-order chi connectivity index (χ0) is 16.1. The van der Waals surface area contributed by atoms with Gasteiger partial charge in [0.15, 0.2) is 5.69 Å². The first-order valence-electron chi connectivity index (χ1n) is 7.78. The molecule has 1 aromatic carbocycles. The Morgan fingerprint density at radius 2 is 2.26 bits per heavy atom. The lowest BCUT2D eigenvalue weighted by atomic mass is 9.97. The van der Waals surface area contributed by atoms with E-state index in [0.29, 0.717) is 24.4 Å². The molecule has 1 aromatic heterocycles. The maximum absolute atomic E-state index is 12.8. The molecule has 118 valence electrons. The van der Waals surface area contributed by atoms with Crippen LogP contribution in [-0.2, 0) is 4.74 Å². The van der Waals surface area contributed by atoms with E-state index in [0.717, 1.165) is 23.4 Å². The lowest BCUT2D eigenvalue weighted by Crippen LogP contribution is -2.45. The van der Waals surface area contributed by atoms with Gasteiger partial charge in [0, 0.05) is 6.54 Å². The number of benzene rings is 1. The van der Waals surface area contributed by atoms with E-state index in [4.69, 9.17) is 4.74 Å². The van der Waals surface area contributed by atoms with Crippen LogP contribution >= 0.6 is 0 Å². The molecule has 3 heterocycles. The third-order valence-corrected chi connectivity index (χ3v) is 4.51. The summed E-state index contributed by atoms with van der Waals surface area (Å²) in [5.41, 5.74) is 3.52. The molecule has 0 bridgehead atoms. The average Bonchev–Trinajstić information content (AvgIpc) is 2.88. The lowest BCUT2D eigenvalue weighted by Gasteiger charge is -2.39. The van der Waals surface area contributed by atoms with Crippen LogP contribution < -0.4 is 0 Å². The standard InChI is InChI=1S/C17H17N3O3/c1-3-23-17(22)14-15-13-6-7-19(13)16(21)11-8-10(2)4-5-12(11)20(15)9-18-14/h4-5,8-9,13H,3,6-7H2,1-2H3/t13-/m0/s1. The molecule has 0 spiro atoms. The monoisotopic (exact) mass is 311 g/mol. The first-order chi connectivity index (χ1) is 11.1. The second-order valence-corrected chi connectivity index (χ2v) is 5.89. The summed E-state index contributed by atoms with van der Waals surface area (Å²) in [4.78, 5) is 31.1. The molecule has 2 aromatic rings. The van der Waals surface area contributed by atoms with Crippen LogP contribution in [0.25, 0.3) is 5.69 Å². The van der Waals surface area contributed by atoms with Gasteiger partial charge in [-0.25, -0.2) is 9.78 Å². The predicted molar refractivity (Wildman–Crippen MR) is 82.7 cm³/mol. The van der Waals surface area contributed by atoms with Gasteiger partial charge in [-0.15, -0.1) is 0 Å². The van der Waals surface area contributed by atoms with Gasteiger partial charge in [-0.2, -0.15) is 0 Å². The number of nitrogens with zero attached hydrogens (tertiary/aromatic N) is 3. The number of imidazole rings is 1. The third kappa shape index (κ3) is 1.91. The predicted octanol–water partition coefficient (Wildman–Crippen LogP) is 2.26. The van der Waals surface area contributed by atoms with E-state index in [1.54, 1.807) is 13.3 Å². The van der Waals surface area contributed by atoms with Gasteiger partial charge in [0.25, 0.3) is 5.91 Å². The van der Waals surface area contributed by atoms with Crippen LogP contribution in [-0.4, -0.2) is 39.5 Å². The fourth-order valence-corrected chi connectivity index (χ4v) is 3.33. The third-order valence-electron chi connectivity index (χ3n) is 4.51. The zero-order valence-corrected chi connectivity index (χ0v) is 13.1. The summed E-state index contributed by atoms with van der Waals surface area (Å²) in [5, 5.41) is 0. The van der Waals surface area contributed by atoms with Crippen LogP contribution in [0.1, 0.15) is 51.5 Å². The van der Waals surface area contributed by atoms with Crippen LogP contribution in [0.15, 0.2) is 24.5 Å². The van der Waals surface area contributed by atoms with Gasteiger partial charge in [0.2, 0.25) is 0 Å². The van der Waals surface area contributed by atoms with Crippen molar-refractivity contribution in [3.63, 3.8) is 0 Å². The summed E-state index contributed by atoms with van der Waals surface area (Å²) < 4.78 is 6.98. The van der Waals surface area contributed by atoms with Crippen LogP contribution in [0.4, 0.5) is 0 Å². The summed E-state index contributed by atoms with van der Waals surface area (Å²) in [7, 11) is 0. The zero-order valence-electron chi connectivity index (χ0n) is 13.1. The highest BCUT2D eigenvalue weighted by molar-refractivity contribution is 6.00. The smallest absolute Gasteiger partial charge is 0.358 e. The van der Waals surface area contributed by atoms with Crippen LogP contribution in [0, 0.1) is 6.92 Å². The van der Waals surface area contributed by atoms with Gasteiger partial charge in [0.1, 0.15) is 6.33 Å². The molecule has 6 nitrogen and oxygen atoms in total. The number of fused-ring (bicyclic) bond motifs is 5. The minimum absolute atomic E-state index is 0.0125. The van der Waals surface area contributed by atoms with E-state index in [1.807, 2.05) is 34.6 Å². The highest BCUT2D eigenvalue weighted by Gasteiger charge is 2.42. The van der Waals surface area contributed by atoms with Gasteiger partial charge in [-0.05, 0) is 32.4 Å². The van der Waals surface area contributed by atoms with E-state index in [9.17, 15) is 9.59 Å². The van der Waals surface area contributed by atoms with E-state index in [-0.39, 0.29) is 11.9 Å². The molecule has 1 fully saturated rings. The number of rotatable bonds is 2. The number of carbonyl (C=O) groups excluding carboxylic acids is 2. The van der Waals surface area contributed by atoms with Crippen molar-refractivity contribution < 1.29 is 14.3 Å². The molecule has 0 saturated carbocycles. The van der Waals surface area contributed by atoms with E-state index >= 15 is 0 Å². The first-order valence-corrected chi connectivity index (χ1v) is 7.78. The molecule has 1 saturated heterocycles. The number of hydrogen-bond acceptors (Lipinski definition) is 4.